The molecule has 2 rings (SSSR count). The third kappa shape index (κ3) is 3.75. The van der Waals surface area contributed by atoms with Crippen molar-refractivity contribution in [2.45, 2.75) is 50.7 Å². The molecule has 1 N–H and O–H groups in total. The minimum atomic E-state index is -0.241. The minimum Gasteiger partial charge on any atom is -0.393 e. The van der Waals surface area contributed by atoms with Crippen molar-refractivity contribution in [2.75, 3.05) is 12.0 Å². The normalized spacial score (nSPS) is 18.7. The van der Waals surface area contributed by atoms with Gasteiger partial charge in [0, 0.05) is 12.6 Å². The Labute approximate surface area is 108 Å². The zero-order chi connectivity index (χ0) is 12.1. The van der Waals surface area contributed by atoms with E-state index in [1.54, 1.807) is 11.8 Å². The van der Waals surface area contributed by atoms with Gasteiger partial charge in [-0.05, 0) is 37.3 Å². The van der Waals surface area contributed by atoms with E-state index in [1.165, 1.54) is 25.7 Å². The molecule has 1 aliphatic carbocycles. The van der Waals surface area contributed by atoms with Gasteiger partial charge in [-0.25, -0.2) is 0 Å². The Morgan fingerprint density at radius 3 is 3.00 bits per heavy atom. The summed E-state index contributed by atoms with van der Waals surface area (Å²) in [6, 6.07) is 2.66. The number of aromatic nitrogens is 2. The number of thioether (sulfide) groups is 1. The standard InChI is InChI=1S/C13H22N2OS/c1-17-9-7-13(16)10-11-6-8-15(14-11)12-4-2-3-5-12/h6,8,12-13,16H,2-5,7,9-10H2,1H3. The van der Waals surface area contributed by atoms with E-state index in [1.807, 2.05) is 0 Å². The number of aliphatic hydroxyl groups is 1. The summed E-state index contributed by atoms with van der Waals surface area (Å²) in [5.74, 6) is 1.02. The summed E-state index contributed by atoms with van der Waals surface area (Å²) in [4.78, 5) is 0. The van der Waals surface area contributed by atoms with Gasteiger partial charge in [0.1, 0.15) is 0 Å². The molecule has 1 fully saturated rings. The van der Waals surface area contributed by atoms with Crippen LogP contribution in [0.4, 0.5) is 0 Å². The smallest absolute Gasteiger partial charge is 0.0650 e. The molecule has 17 heavy (non-hydrogen) atoms. The number of rotatable bonds is 6. The Hall–Kier alpha value is -0.480. The van der Waals surface area contributed by atoms with Crippen LogP contribution in [0.5, 0.6) is 0 Å². The van der Waals surface area contributed by atoms with Crippen molar-refractivity contribution in [2.24, 2.45) is 0 Å². The van der Waals surface area contributed by atoms with E-state index in [4.69, 9.17) is 0 Å². The van der Waals surface area contributed by atoms with Crippen LogP contribution in [0.3, 0.4) is 0 Å². The van der Waals surface area contributed by atoms with Gasteiger partial charge in [-0.1, -0.05) is 12.8 Å². The average molecular weight is 254 g/mol. The number of hydrogen-bond acceptors (Lipinski definition) is 3. The molecule has 0 bridgehead atoms. The topological polar surface area (TPSA) is 38.0 Å². The highest BCUT2D eigenvalue weighted by molar-refractivity contribution is 7.98. The lowest BCUT2D eigenvalue weighted by Gasteiger charge is -2.10. The maximum absolute atomic E-state index is 9.85. The lowest BCUT2D eigenvalue weighted by molar-refractivity contribution is 0.170. The predicted octanol–water partition coefficient (Wildman–Crippen LogP) is 2.65. The lowest BCUT2D eigenvalue weighted by atomic mass is 10.1. The highest BCUT2D eigenvalue weighted by Gasteiger charge is 2.18. The van der Waals surface area contributed by atoms with Crippen molar-refractivity contribution in [3.8, 4) is 0 Å². The molecule has 4 heteroatoms. The monoisotopic (exact) mass is 254 g/mol. The van der Waals surface area contributed by atoms with E-state index < -0.39 is 0 Å². The van der Waals surface area contributed by atoms with Crippen LogP contribution < -0.4 is 0 Å². The fourth-order valence-corrected chi connectivity index (χ4v) is 2.96. The Bertz CT molecular complexity index is 334. The fourth-order valence-electron chi connectivity index (χ4n) is 2.46. The molecule has 0 radical (unpaired) electrons. The molecule has 1 aliphatic rings. The summed E-state index contributed by atoms with van der Waals surface area (Å²) in [5.41, 5.74) is 1.03. The molecule has 0 aromatic carbocycles. The Kier molecular flexibility index (Phi) is 4.92. The van der Waals surface area contributed by atoms with E-state index in [0.717, 1.165) is 17.9 Å². The molecular formula is C13H22N2OS. The molecule has 0 amide bonds. The maximum Gasteiger partial charge on any atom is 0.0650 e. The van der Waals surface area contributed by atoms with Gasteiger partial charge in [0.15, 0.2) is 0 Å². The van der Waals surface area contributed by atoms with Gasteiger partial charge in [-0.2, -0.15) is 16.9 Å². The minimum absolute atomic E-state index is 0.241. The predicted molar refractivity (Wildman–Crippen MR) is 72.4 cm³/mol. The molecule has 1 aromatic rings. The lowest BCUT2D eigenvalue weighted by Crippen LogP contribution is -2.13. The maximum atomic E-state index is 9.85. The second kappa shape index (κ2) is 6.45. The molecular weight excluding hydrogens is 232 g/mol. The zero-order valence-corrected chi connectivity index (χ0v) is 11.3. The molecule has 1 unspecified atom stereocenters. The molecule has 1 heterocycles. The Balaban J connectivity index is 1.84. The quantitative estimate of drug-likeness (QED) is 0.848. The van der Waals surface area contributed by atoms with Crippen molar-refractivity contribution in [1.29, 1.82) is 0 Å². The second-order valence-electron chi connectivity index (χ2n) is 4.86. The third-order valence-corrected chi connectivity index (χ3v) is 4.11. The largest absolute Gasteiger partial charge is 0.393 e. The first-order valence-corrected chi connectivity index (χ1v) is 7.90. The first-order chi connectivity index (χ1) is 8.29. The van der Waals surface area contributed by atoms with Crippen LogP contribution >= 0.6 is 11.8 Å². The van der Waals surface area contributed by atoms with Crippen LogP contribution in [0, 0.1) is 0 Å². The van der Waals surface area contributed by atoms with Gasteiger partial charge in [0.05, 0.1) is 17.8 Å². The van der Waals surface area contributed by atoms with Crippen molar-refractivity contribution >= 4 is 11.8 Å². The summed E-state index contributed by atoms with van der Waals surface area (Å²) < 4.78 is 2.10. The van der Waals surface area contributed by atoms with Gasteiger partial charge < -0.3 is 5.11 Å². The van der Waals surface area contributed by atoms with Crippen molar-refractivity contribution < 1.29 is 5.11 Å². The molecule has 3 nitrogen and oxygen atoms in total. The van der Waals surface area contributed by atoms with Crippen molar-refractivity contribution in [3.05, 3.63) is 18.0 Å². The SMILES string of the molecule is CSCCC(O)Cc1ccn(C2CCCC2)n1. The van der Waals surface area contributed by atoms with Gasteiger partial charge >= 0.3 is 0 Å². The van der Waals surface area contributed by atoms with Gasteiger partial charge in [0.25, 0.3) is 0 Å². The summed E-state index contributed by atoms with van der Waals surface area (Å²) in [6.07, 6.45) is 10.6. The number of aliphatic hydroxyl groups excluding tert-OH is 1. The van der Waals surface area contributed by atoms with Crippen LogP contribution in [-0.2, 0) is 6.42 Å². The van der Waals surface area contributed by atoms with E-state index in [9.17, 15) is 5.11 Å². The van der Waals surface area contributed by atoms with Crippen LogP contribution in [0.25, 0.3) is 0 Å². The second-order valence-corrected chi connectivity index (χ2v) is 5.85. The summed E-state index contributed by atoms with van der Waals surface area (Å²) >= 11 is 1.78. The zero-order valence-electron chi connectivity index (χ0n) is 10.5. The van der Waals surface area contributed by atoms with Gasteiger partial charge in [-0.3, -0.25) is 4.68 Å². The average Bonchev–Trinajstić information content (AvgIpc) is 2.95. The molecule has 1 saturated carbocycles. The summed E-state index contributed by atoms with van der Waals surface area (Å²) in [6.45, 7) is 0. The van der Waals surface area contributed by atoms with Crippen LogP contribution in [0.1, 0.15) is 43.8 Å². The molecule has 1 aromatic heterocycles. The van der Waals surface area contributed by atoms with Gasteiger partial charge in [-0.15, -0.1) is 0 Å². The Morgan fingerprint density at radius 1 is 1.53 bits per heavy atom. The first-order valence-electron chi connectivity index (χ1n) is 6.50. The molecule has 0 aliphatic heterocycles. The number of hydrogen-bond donors (Lipinski definition) is 1. The van der Waals surface area contributed by atoms with Crippen LogP contribution in [0.2, 0.25) is 0 Å². The molecule has 96 valence electrons. The van der Waals surface area contributed by atoms with E-state index in [-0.39, 0.29) is 6.10 Å². The van der Waals surface area contributed by atoms with E-state index in [0.29, 0.717) is 12.5 Å². The number of nitrogens with zero attached hydrogens (tertiary/aromatic N) is 2. The van der Waals surface area contributed by atoms with Crippen LogP contribution in [-0.4, -0.2) is 33.0 Å². The third-order valence-electron chi connectivity index (χ3n) is 3.46. The first kappa shape index (κ1) is 13.0. The molecule has 1 atom stereocenters. The van der Waals surface area contributed by atoms with Gasteiger partial charge in [0.2, 0.25) is 0 Å². The highest BCUT2D eigenvalue weighted by atomic mass is 32.2. The molecule has 0 spiro atoms. The highest BCUT2D eigenvalue weighted by Crippen LogP contribution is 2.28. The van der Waals surface area contributed by atoms with Crippen LogP contribution in [0.15, 0.2) is 12.3 Å². The van der Waals surface area contributed by atoms with E-state index >= 15 is 0 Å². The van der Waals surface area contributed by atoms with Crippen molar-refractivity contribution in [3.63, 3.8) is 0 Å². The summed E-state index contributed by atoms with van der Waals surface area (Å²) in [5, 5.41) is 14.4. The van der Waals surface area contributed by atoms with Crippen molar-refractivity contribution in [1.82, 2.24) is 9.78 Å². The summed E-state index contributed by atoms with van der Waals surface area (Å²) in [7, 11) is 0. The molecule has 0 saturated heterocycles. The fraction of sp³-hybridized carbons (Fsp3) is 0.769. The Morgan fingerprint density at radius 2 is 2.29 bits per heavy atom. The van der Waals surface area contributed by atoms with E-state index in [2.05, 4.69) is 28.3 Å².